The molecule has 1 aromatic rings. The number of benzene rings is 1. The Balaban J connectivity index is 1.99. The Labute approximate surface area is 246 Å². The van der Waals surface area contributed by atoms with E-state index in [2.05, 4.69) is 86.2 Å². The normalized spacial score (nSPS) is 29.9. The van der Waals surface area contributed by atoms with Gasteiger partial charge in [-0.2, -0.15) is 0 Å². The van der Waals surface area contributed by atoms with Crippen LogP contribution in [0.5, 0.6) is 5.75 Å². The van der Waals surface area contributed by atoms with Gasteiger partial charge in [-0.15, -0.1) is 6.58 Å². The van der Waals surface area contributed by atoms with Gasteiger partial charge in [0.1, 0.15) is 29.7 Å². The molecule has 0 amide bonds. The molecular weight excluding hydrogens is 533 g/mol. The van der Waals surface area contributed by atoms with Crippen molar-refractivity contribution in [3.8, 4) is 17.6 Å². The second-order valence-electron chi connectivity index (χ2n) is 14.8. The maximum atomic E-state index is 11.4. The molecule has 3 rings (SSSR count). The van der Waals surface area contributed by atoms with Crippen molar-refractivity contribution in [1.82, 2.24) is 0 Å². The van der Waals surface area contributed by atoms with Crippen LogP contribution in [0.25, 0.3) is 0 Å². The predicted octanol–water partition coefficient (Wildman–Crippen LogP) is 7.58. The lowest BCUT2D eigenvalue weighted by molar-refractivity contribution is -0.283. The van der Waals surface area contributed by atoms with E-state index in [0.29, 0.717) is 13.0 Å². The molecule has 2 fully saturated rings. The van der Waals surface area contributed by atoms with Gasteiger partial charge in [0.05, 0.1) is 12.0 Å². The second-order valence-corrected chi connectivity index (χ2v) is 24.3. The van der Waals surface area contributed by atoms with Gasteiger partial charge in [-0.1, -0.05) is 77.7 Å². The molecule has 40 heavy (non-hydrogen) atoms. The minimum absolute atomic E-state index is 0.0282. The Kier molecular flexibility index (Phi) is 9.68. The molecule has 0 bridgehead atoms. The zero-order valence-electron chi connectivity index (χ0n) is 26.9. The highest BCUT2D eigenvalue weighted by Crippen LogP contribution is 2.60. The van der Waals surface area contributed by atoms with Crippen molar-refractivity contribution in [2.45, 2.75) is 120 Å². The lowest BCUT2D eigenvalue weighted by Gasteiger charge is -2.64. The van der Waals surface area contributed by atoms with Crippen molar-refractivity contribution >= 4 is 16.6 Å². The maximum absolute atomic E-state index is 11.4. The number of hydrogen-bond acceptors (Lipinski definition) is 5. The van der Waals surface area contributed by atoms with Crippen LogP contribution in [-0.2, 0) is 13.6 Å². The highest BCUT2D eigenvalue weighted by molar-refractivity contribution is 6.74. The van der Waals surface area contributed by atoms with Gasteiger partial charge in [0.15, 0.2) is 16.6 Å². The predicted molar refractivity (Wildman–Crippen MR) is 170 cm³/mol. The standard InChI is InChI=1S/C33H54O5Si2/c1-13-32(34)23-28-27(29(21-22-33(28,32)35-8)38-40(11,12)31(5,6)7)20-19-26(37-39(9,10)30(2,3)4)24-36-25-17-15-14-16-18-25/h13-18,26-29,34H,1,21-24H2,2-12H3/t26-,27-,28-,29-,32?,33-/m1/s1. The van der Waals surface area contributed by atoms with Crippen LogP contribution in [0, 0.1) is 23.7 Å². The number of ether oxygens (including phenoxy) is 2. The third-order valence-corrected chi connectivity index (χ3v) is 19.2. The summed E-state index contributed by atoms with van der Waals surface area (Å²) in [4.78, 5) is 0. The monoisotopic (exact) mass is 586 g/mol. The fourth-order valence-corrected chi connectivity index (χ4v) is 8.13. The number of fused-ring (bicyclic) bond motifs is 1. The zero-order valence-corrected chi connectivity index (χ0v) is 28.9. The summed E-state index contributed by atoms with van der Waals surface area (Å²) < 4.78 is 26.1. The molecule has 1 unspecified atom stereocenters. The Hall–Kier alpha value is -1.41. The minimum atomic E-state index is -2.12. The maximum Gasteiger partial charge on any atom is 0.193 e. The molecule has 0 aliphatic heterocycles. The Bertz CT molecular complexity index is 1080. The van der Waals surface area contributed by atoms with Gasteiger partial charge in [-0.3, -0.25) is 0 Å². The molecule has 0 radical (unpaired) electrons. The van der Waals surface area contributed by atoms with Gasteiger partial charge in [0.25, 0.3) is 0 Å². The van der Waals surface area contributed by atoms with Crippen LogP contribution in [-0.4, -0.2) is 58.9 Å². The summed E-state index contributed by atoms with van der Waals surface area (Å²) in [7, 11) is -2.48. The Morgan fingerprint density at radius 1 is 1.05 bits per heavy atom. The number of rotatable bonds is 9. The summed E-state index contributed by atoms with van der Waals surface area (Å²) in [6, 6.07) is 9.83. The Morgan fingerprint density at radius 2 is 1.65 bits per heavy atom. The molecule has 2 aliphatic rings. The van der Waals surface area contributed by atoms with E-state index in [0.717, 1.165) is 18.6 Å². The van der Waals surface area contributed by atoms with Crippen LogP contribution in [0.1, 0.15) is 60.8 Å². The van der Waals surface area contributed by atoms with Gasteiger partial charge in [0, 0.05) is 13.0 Å². The molecule has 2 saturated carbocycles. The van der Waals surface area contributed by atoms with E-state index in [1.54, 1.807) is 13.2 Å². The molecule has 0 spiro atoms. The molecule has 0 aromatic heterocycles. The summed E-state index contributed by atoms with van der Waals surface area (Å²) in [5.74, 6) is 7.92. The summed E-state index contributed by atoms with van der Waals surface area (Å²) in [6.07, 6.45) is 3.31. The fourth-order valence-electron chi connectivity index (χ4n) is 5.56. The Morgan fingerprint density at radius 3 is 2.17 bits per heavy atom. The zero-order chi connectivity index (χ0) is 30.2. The van der Waals surface area contributed by atoms with E-state index in [9.17, 15) is 5.11 Å². The molecule has 0 saturated heterocycles. The van der Waals surface area contributed by atoms with Gasteiger partial charge >= 0.3 is 0 Å². The largest absolute Gasteiger partial charge is 0.490 e. The molecule has 2 aliphatic carbocycles. The van der Waals surface area contributed by atoms with Crippen LogP contribution >= 0.6 is 0 Å². The van der Waals surface area contributed by atoms with Gasteiger partial charge in [-0.05, 0) is 67.7 Å². The van der Waals surface area contributed by atoms with E-state index >= 15 is 0 Å². The van der Waals surface area contributed by atoms with Crippen molar-refractivity contribution in [2.24, 2.45) is 11.8 Å². The first kappa shape index (κ1) is 33.1. The van der Waals surface area contributed by atoms with Crippen LogP contribution < -0.4 is 4.74 Å². The number of methoxy groups -OCH3 is 1. The molecule has 224 valence electrons. The molecule has 1 N–H and O–H groups in total. The first-order chi connectivity index (χ1) is 18.3. The smallest absolute Gasteiger partial charge is 0.193 e. The van der Waals surface area contributed by atoms with Crippen molar-refractivity contribution < 1.29 is 23.4 Å². The first-order valence-electron chi connectivity index (χ1n) is 14.8. The fraction of sp³-hybridized carbons (Fsp3) is 0.697. The summed E-state index contributed by atoms with van der Waals surface area (Å²) in [6.45, 7) is 26.9. The molecule has 6 atom stereocenters. The van der Waals surface area contributed by atoms with E-state index < -0.39 is 27.8 Å². The van der Waals surface area contributed by atoms with Crippen molar-refractivity contribution in [1.29, 1.82) is 0 Å². The number of hydrogen-bond donors (Lipinski definition) is 1. The second kappa shape index (κ2) is 11.7. The number of aliphatic hydroxyl groups is 1. The quantitative estimate of drug-likeness (QED) is 0.184. The summed E-state index contributed by atoms with van der Waals surface area (Å²) in [5, 5.41) is 11.5. The molecule has 5 nitrogen and oxygen atoms in total. The van der Waals surface area contributed by atoms with Crippen LogP contribution in [0.3, 0.4) is 0 Å². The van der Waals surface area contributed by atoms with Crippen LogP contribution in [0.15, 0.2) is 43.0 Å². The van der Waals surface area contributed by atoms with Crippen molar-refractivity contribution in [2.75, 3.05) is 13.7 Å². The lowest BCUT2D eigenvalue weighted by atomic mass is 9.48. The molecule has 1 aromatic carbocycles. The summed E-state index contributed by atoms with van der Waals surface area (Å²) >= 11 is 0. The van der Waals surface area contributed by atoms with Gasteiger partial charge < -0.3 is 23.4 Å². The van der Waals surface area contributed by atoms with E-state index in [1.807, 2.05) is 30.3 Å². The highest BCUT2D eigenvalue weighted by Gasteiger charge is 2.69. The molecule has 0 heterocycles. The highest BCUT2D eigenvalue weighted by atomic mass is 28.4. The average molecular weight is 587 g/mol. The van der Waals surface area contributed by atoms with Gasteiger partial charge in [-0.25, -0.2) is 0 Å². The van der Waals surface area contributed by atoms with E-state index in [4.69, 9.17) is 18.3 Å². The topological polar surface area (TPSA) is 57.2 Å². The van der Waals surface area contributed by atoms with Gasteiger partial charge in [0.2, 0.25) is 0 Å². The third kappa shape index (κ3) is 6.48. The van der Waals surface area contributed by atoms with Crippen molar-refractivity contribution in [3.63, 3.8) is 0 Å². The SMILES string of the molecule is C=CC1(O)C[C@@H]2[C@@H](C#C[C@H](COc3ccccc3)O[Si](C)(C)C(C)(C)C)[C@H](O[Si](C)(C)C(C)(C)C)CC[C@@]21OC. The lowest BCUT2D eigenvalue weighted by Crippen LogP contribution is -2.74. The third-order valence-electron chi connectivity index (χ3n) is 10.2. The molecular formula is C33H54O5Si2. The van der Waals surface area contributed by atoms with Crippen molar-refractivity contribution in [3.05, 3.63) is 43.0 Å². The van der Waals surface area contributed by atoms with E-state index in [1.165, 1.54) is 0 Å². The minimum Gasteiger partial charge on any atom is -0.490 e. The first-order valence-corrected chi connectivity index (χ1v) is 20.6. The molecule has 7 heteroatoms. The van der Waals surface area contributed by atoms with Crippen LogP contribution in [0.2, 0.25) is 36.3 Å². The summed E-state index contributed by atoms with van der Waals surface area (Å²) in [5.41, 5.74) is -1.75. The van der Waals surface area contributed by atoms with Crippen LogP contribution in [0.4, 0.5) is 0 Å². The average Bonchev–Trinajstić information content (AvgIpc) is 2.85. The van der Waals surface area contributed by atoms with E-state index in [-0.39, 0.29) is 34.1 Å². The number of para-hydroxylation sites is 1.